The van der Waals surface area contributed by atoms with Crippen LogP contribution < -0.4 is 0 Å². The van der Waals surface area contributed by atoms with Crippen molar-refractivity contribution in [3.8, 4) is 0 Å². The second kappa shape index (κ2) is 6.82. The lowest BCUT2D eigenvalue weighted by Gasteiger charge is -2.32. The van der Waals surface area contributed by atoms with Gasteiger partial charge >= 0.3 is 0 Å². The number of nitrogens with zero attached hydrogens (tertiary/aromatic N) is 3. The van der Waals surface area contributed by atoms with E-state index < -0.39 is 0 Å². The zero-order valence-electron chi connectivity index (χ0n) is 16.1. The maximum absolute atomic E-state index is 12.8. The van der Waals surface area contributed by atoms with Gasteiger partial charge in [0.25, 0.3) is 0 Å². The molecule has 0 spiro atoms. The monoisotopic (exact) mass is 372 g/mol. The maximum Gasteiger partial charge on any atom is 0.228 e. The Bertz CT molecular complexity index is 1110. The summed E-state index contributed by atoms with van der Waals surface area (Å²) in [5.74, 6) is 0.688. The van der Waals surface area contributed by atoms with Gasteiger partial charge in [-0.3, -0.25) is 4.79 Å². The molecular weight excluding hydrogens is 348 g/mol. The minimum Gasteiger partial charge on any atom is -0.358 e. The highest BCUT2D eigenvalue weighted by Gasteiger charge is 2.27. The van der Waals surface area contributed by atoms with Gasteiger partial charge in [-0.1, -0.05) is 24.3 Å². The molecule has 4 aromatic rings. The van der Waals surface area contributed by atoms with Gasteiger partial charge in [0.15, 0.2) is 0 Å². The Morgan fingerprint density at radius 3 is 2.75 bits per heavy atom. The zero-order chi connectivity index (χ0) is 19.1. The van der Waals surface area contributed by atoms with E-state index in [2.05, 4.69) is 41.2 Å². The number of nitrogens with one attached hydrogen (secondary N) is 1. The average molecular weight is 372 g/mol. The van der Waals surface area contributed by atoms with Crippen molar-refractivity contribution in [1.29, 1.82) is 0 Å². The average Bonchev–Trinajstić information content (AvgIpc) is 3.27. The van der Waals surface area contributed by atoms with Gasteiger partial charge in [-0.05, 0) is 49.4 Å². The molecule has 4 heterocycles. The van der Waals surface area contributed by atoms with Crippen LogP contribution in [0.2, 0.25) is 0 Å². The molecular formula is C23H24N4O. The molecule has 1 aromatic carbocycles. The highest BCUT2D eigenvalue weighted by atomic mass is 16.2. The summed E-state index contributed by atoms with van der Waals surface area (Å²) >= 11 is 0. The van der Waals surface area contributed by atoms with Crippen LogP contribution in [0.3, 0.4) is 0 Å². The molecule has 5 rings (SSSR count). The third-order valence-electron chi connectivity index (χ3n) is 5.95. The number of amides is 1. The van der Waals surface area contributed by atoms with E-state index in [9.17, 15) is 4.79 Å². The smallest absolute Gasteiger partial charge is 0.228 e. The van der Waals surface area contributed by atoms with Gasteiger partial charge in [0.1, 0.15) is 5.65 Å². The first kappa shape index (κ1) is 17.0. The molecule has 5 nitrogen and oxygen atoms in total. The summed E-state index contributed by atoms with van der Waals surface area (Å²) in [5.41, 5.74) is 5.63. The summed E-state index contributed by atoms with van der Waals surface area (Å²) in [6.45, 7) is 3.79. The molecule has 1 aliphatic rings. The van der Waals surface area contributed by atoms with Gasteiger partial charge in [-0.2, -0.15) is 0 Å². The topological polar surface area (TPSA) is 53.4 Å². The largest absolute Gasteiger partial charge is 0.358 e. The molecule has 0 atom stereocenters. The van der Waals surface area contributed by atoms with E-state index in [4.69, 9.17) is 0 Å². The Balaban J connectivity index is 1.27. The van der Waals surface area contributed by atoms with Crippen molar-refractivity contribution in [3.63, 3.8) is 0 Å². The lowest BCUT2D eigenvalue weighted by Crippen LogP contribution is -2.38. The number of fused-ring (bicyclic) bond motifs is 2. The van der Waals surface area contributed by atoms with Gasteiger partial charge in [0, 0.05) is 42.1 Å². The Kier molecular flexibility index (Phi) is 4.15. The number of aryl methyl sites for hydroxylation is 1. The zero-order valence-corrected chi connectivity index (χ0v) is 16.1. The summed E-state index contributed by atoms with van der Waals surface area (Å²) in [4.78, 5) is 22.9. The fourth-order valence-corrected chi connectivity index (χ4v) is 4.58. The lowest BCUT2D eigenvalue weighted by molar-refractivity contribution is -0.131. The van der Waals surface area contributed by atoms with Crippen LogP contribution >= 0.6 is 0 Å². The quantitative estimate of drug-likeness (QED) is 0.589. The lowest BCUT2D eigenvalue weighted by atomic mass is 9.87. The molecule has 142 valence electrons. The first-order valence-electron chi connectivity index (χ1n) is 9.96. The van der Waals surface area contributed by atoms with Crippen molar-refractivity contribution in [2.24, 2.45) is 0 Å². The maximum atomic E-state index is 12.8. The number of pyridine rings is 1. The Morgan fingerprint density at radius 2 is 1.93 bits per heavy atom. The molecule has 5 heteroatoms. The van der Waals surface area contributed by atoms with Gasteiger partial charge < -0.3 is 14.3 Å². The number of likely N-dealkylation sites (tertiary alicyclic amines) is 1. The van der Waals surface area contributed by atoms with Crippen LogP contribution in [0.25, 0.3) is 16.6 Å². The molecule has 0 aliphatic carbocycles. The number of carbonyl (C=O) groups excluding carboxylic acids is 1. The summed E-state index contributed by atoms with van der Waals surface area (Å²) in [5, 5.41) is 1.33. The number of imidazole rings is 1. The molecule has 3 aromatic heterocycles. The number of aromatic amines is 1. The van der Waals surface area contributed by atoms with Crippen molar-refractivity contribution in [2.75, 3.05) is 13.1 Å². The highest BCUT2D eigenvalue weighted by Crippen LogP contribution is 2.35. The molecule has 1 aliphatic heterocycles. The predicted octanol–water partition coefficient (Wildman–Crippen LogP) is 4.07. The van der Waals surface area contributed by atoms with Crippen molar-refractivity contribution < 1.29 is 4.79 Å². The van der Waals surface area contributed by atoms with E-state index in [1.54, 1.807) is 0 Å². The third kappa shape index (κ3) is 2.97. The molecule has 0 radical (unpaired) electrons. The fraction of sp³-hybridized carbons (Fsp3) is 0.304. The van der Waals surface area contributed by atoms with Gasteiger partial charge in [0.2, 0.25) is 5.91 Å². The standard InChI is InChI=1S/C23H24N4O/c1-16-23(19-6-2-3-7-20(19)24-16)17-9-12-26(13-10-17)22(28)14-18-15-27-11-5-4-8-21(27)25-18/h2-8,11,15,17,24H,9-10,12-14H2,1H3. The normalized spacial score (nSPS) is 15.5. The van der Waals surface area contributed by atoms with Crippen LogP contribution in [-0.2, 0) is 11.2 Å². The van der Waals surface area contributed by atoms with E-state index >= 15 is 0 Å². The molecule has 1 saturated heterocycles. The number of benzene rings is 1. The molecule has 0 unspecified atom stereocenters. The van der Waals surface area contributed by atoms with Crippen molar-refractivity contribution in [3.05, 3.63) is 71.8 Å². The van der Waals surface area contributed by atoms with Crippen molar-refractivity contribution in [1.82, 2.24) is 19.3 Å². The Morgan fingerprint density at radius 1 is 1.14 bits per heavy atom. The van der Waals surface area contributed by atoms with E-state index in [1.807, 2.05) is 39.9 Å². The molecule has 28 heavy (non-hydrogen) atoms. The highest BCUT2D eigenvalue weighted by molar-refractivity contribution is 5.85. The van der Waals surface area contributed by atoms with Crippen molar-refractivity contribution >= 4 is 22.5 Å². The summed E-state index contributed by atoms with van der Waals surface area (Å²) in [7, 11) is 0. The Labute approximate surface area is 164 Å². The number of carbonyl (C=O) groups is 1. The molecule has 1 fully saturated rings. The molecule has 0 saturated carbocycles. The van der Waals surface area contributed by atoms with Crippen LogP contribution in [-0.4, -0.2) is 38.3 Å². The SMILES string of the molecule is Cc1[nH]c2ccccc2c1C1CCN(C(=O)Cc2cn3ccccc3n2)CC1. The van der Waals surface area contributed by atoms with Crippen LogP contribution in [0.1, 0.15) is 35.7 Å². The minimum absolute atomic E-state index is 0.178. The van der Waals surface area contributed by atoms with Crippen LogP contribution in [0.4, 0.5) is 0 Å². The molecule has 1 N–H and O–H groups in total. The summed E-state index contributed by atoms with van der Waals surface area (Å²) < 4.78 is 1.97. The predicted molar refractivity (Wildman–Crippen MR) is 110 cm³/mol. The van der Waals surface area contributed by atoms with E-state index in [0.29, 0.717) is 12.3 Å². The van der Waals surface area contributed by atoms with Gasteiger partial charge in [-0.25, -0.2) is 4.98 Å². The van der Waals surface area contributed by atoms with Crippen LogP contribution in [0.15, 0.2) is 54.9 Å². The van der Waals surface area contributed by atoms with Crippen LogP contribution in [0.5, 0.6) is 0 Å². The van der Waals surface area contributed by atoms with Gasteiger partial charge in [-0.15, -0.1) is 0 Å². The molecule has 0 bridgehead atoms. The number of piperidine rings is 1. The number of rotatable bonds is 3. The number of hydrogen-bond donors (Lipinski definition) is 1. The first-order valence-corrected chi connectivity index (χ1v) is 9.96. The molecule has 1 amide bonds. The summed E-state index contributed by atoms with van der Waals surface area (Å²) in [6.07, 6.45) is 6.32. The third-order valence-corrected chi connectivity index (χ3v) is 5.95. The number of aromatic nitrogens is 3. The summed E-state index contributed by atoms with van der Waals surface area (Å²) in [6, 6.07) is 14.4. The van der Waals surface area contributed by atoms with Crippen molar-refractivity contribution in [2.45, 2.75) is 32.1 Å². The van der Waals surface area contributed by atoms with Crippen LogP contribution in [0, 0.1) is 6.92 Å². The van der Waals surface area contributed by atoms with E-state index in [-0.39, 0.29) is 5.91 Å². The fourth-order valence-electron chi connectivity index (χ4n) is 4.58. The van der Waals surface area contributed by atoms with E-state index in [1.165, 1.54) is 22.2 Å². The number of hydrogen-bond acceptors (Lipinski definition) is 2. The number of H-pyrrole nitrogens is 1. The van der Waals surface area contributed by atoms with E-state index in [0.717, 1.165) is 37.3 Å². The Hall–Kier alpha value is -3.08. The second-order valence-corrected chi connectivity index (χ2v) is 7.74. The minimum atomic E-state index is 0.178. The first-order chi connectivity index (χ1) is 13.7. The number of para-hydroxylation sites is 1. The second-order valence-electron chi connectivity index (χ2n) is 7.74. The van der Waals surface area contributed by atoms with Gasteiger partial charge in [0.05, 0.1) is 12.1 Å².